The van der Waals surface area contributed by atoms with Crippen LogP contribution in [0.1, 0.15) is 51.0 Å². The number of benzene rings is 1. The van der Waals surface area contributed by atoms with Crippen LogP contribution in [-0.2, 0) is 16.7 Å². The van der Waals surface area contributed by atoms with Crippen LogP contribution < -0.4 is 10.6 Å². The molecule has 0 amide bonds. The molecule has 0 saturated carbocycles. The minimum Gasteiger partial charge on any atom is -0.379 e. The molecule has 1 aromatic carbocycles. The maximum absolute atomic E-state index is 13.4. The quantitative estimate of drug-likeness (QED) is 0.306. The molecule has 1 saturated heterocycles. The van der Waals surface area contributed by atoms with Gasteiger partial charge in [-0.05, 0) is 24.6 Å². The lowest BCUT2D eigenvalue weighted by molar-refractivity contribution is 0.0170. The number of halogens is 2. The summed E-state index contributed by atoms with van der Waals surface area (Å²) < 4.78 is 24.3. The third kappa shape index (κ3) is 7.66. The Morgan fingerprint density at radius 3 is 2.47 bits per heavy atom. The zero-order valence-electron chi connectivity index (χ0n) is 19.2. The van der Waals surface area contributed by atoms with Crippen molar-refractivity contribution in [3.05, 3.63) is 47.4 Å². The number of ether oxygens (including phenoxy) is 1. The Morgan fingerprint density at radius 1 is 1.19 bits per heavy atom. The van der Waals surface area contributed by atoms with Crippen molar-refractivity contribution in [3.8, 4) is 0 Å². The highest BCUT2D eigenvalue weighted by molar-refractivity contribution is 14.0. The second kappa shape index (κ2) is 12.4. The number of nitrogens with zero attached hydrogens (tertiary/aromatic N) is 4. The van der Waals surface area contributed by atoms with Gasteiger partial charge in [0.1, 0.15) is 12.4 Å². The van der Waals surface area contributed by atoms with Gasteiger partial charge in [-0.2, -0.15) is 4.98 Å². The van der Waals surface area contributed by atoms with E-state index in [1.165, 1.54) is 12.1 Å². The van der Waals surface area contributed by atoms with Crippen LogP contribution in [-0.4, -0.2) is 60.4 Å². The molecule has 1 aliphatic heterocycles. The van der Waals surface area contributed by atoms with E-state index in [4.69, 9.17) is 9.26 Å². The molecule has 2 N–H and O–H groups in total. The minimum absolute atomic E-state index is 0. The number of morpholine rings is 1. The molecule has 0 bridgehead atoms. The van der Waals surface area contributed by atoms with E-state index in [0.717, 1.165) is 25.2 Å². The minimum atomic E-state index is -0.234. The molecule has 178 valence electrons. The zero-order valence-corrected chi connectivity index (χ0v) is 21.6. The molecule has 1 aromatic heterocycles. The molecule has 1 unspecified atom stereocenters. The van der Waals surface area contributed by atoms with Crippen LogP contribution in [0.2, 0.25) is 0 Å². The highest BCUT2D eigenvalue weighted by Crippen LogP contribution is 2.22. The summed E-state index contributed by atoms with van der Waals surface area (Å²) in [6, 6.07) is 6.77. The molecule has 0 spiro atoms. The van der Waals surface area contributed by atoms with E-state index in [1.807, 2.05) is 39.8 Å². The third-order valence-electron chi connectivity index (χ3n) is 5.04. The first-order valence-corrected chi connectivity index (χ1v) is 10.8. The maximum Gasteiger partial charge on any atom is 0.232 e. The van der Waals surface area contributed by atoms with Gasteiger partial charge >= 0.3 is 0 Å². The fraction of sp³-hybridized carbons (Fsp3) is 0.591. The van der Waals surface area contributed by atoms with Gasteiger partial charge in [0.15, 0.2) is 11.8 Å². The molecule has 2 aromatic rings. The second-order valence-corrected chi connectivity index (χ2v) is 8.56. The molecular weight excluding hydrogens is 526 g/mol. The van der Waals surface area contributed by atoms with Crippen molar-refractivity contribution in [1.82, 2.24) is 25.7 Å². The number of nitrogens with one attached hydrogen (secondary N) is 2. The number of aliphatic imine (C=N–C) groups is 1. The third-order valence-corrected chi connectivity index (χ3v) is 5.04. The van der Waals surface area contributed by atoms with Crippen molar-refractivity contribution in [2.75, 3.05) is 39.4 Å². The molecule has 0 radical (unpaired) electrons. The molecule has 1 aliphatic rings. The van der Waals surface area contributed by atoms with Gasteiger partial charge < -0.3 is 19.9 Å². The highest BCUT2D eigenvalue weighted by atomic mass is 127. The monoisotopic (exact) mass is 560 g/mol. The van der Waals surface area contributed by atoms with Gasteiger partial charge in [0, 0.05) is 31.6 Å². The van der Waals surface area contributed by atoms with Gasteiger partial charge in [0.05, 0.1) is 19.3 Å². The molecular formula is C22H34FIN6O2. The summed E-state index contributed by atoms with van der Waals surface area (Å²) >= 11 is 0. The Morgan fingerprint density at radius 2 is 1.88 bits per heavy atom. The van der Waals surface area contributed by atoms with Gasteiger partial charge in [-0.1, -0.05) is 38.1 Å². The van der Waals surface area contributed by atoms with E-state index < -0.39 is 0 Å². The Bertz CT molecular complexity index is 847. The molecule has 1 fully saturated rings. The standard InChI is InChI=1S/C22H33FN6O2.HI/c1-5-24-21(26-15-19-27-20(31-28-19)22(2,3)4)25-14-18(29-10-12-30-13-11-29)16-6-8-17(23)9-7-16;/h6-9,18H,5,10-15H2,1-4H3,(H2,24,25,26);1H. The molecule has 8 nitrogen and oxygen atoms in total. The largest absolute Gasteiger partial charge is 0.379 e. The van der Waals surface area contributed by atoms with E-state index in [1.54, 1.807) is 0 Å². The van der Waals surface area contributed by atoms with Gasteiger partial charge in [0.2, 0.25) is 5.89 Å². The number of hydrogen-bond acceptors (Lipinski definition) is 6. The van der Waals surface area contributed by atoms with Gasteiger partial charge in [-0.15, -0.1) is 24.0 Å². The molecule has 1 atom stereocenters. The van der Waals surface area contributed by atoms with Crippen molar-refractivity contribution < 1.29 is 13.7 Å². The molecule has 10 heteroatoms. The first-order chi connectivity index (χ1) is 14.9. The number of rotatable bonds is 7. The van der Waals surface area contributed by atoms with Crippen LogP contribution in [0.5, 0.6) is 0 Å². The average molecular weight is 560 g/mol. The van der Waals surface area contributed by atoms with E-state index in [9.17, 15) is 4.39 Å². The molecule has 2 heterocycles. The summed E-state index contributed by atoms with van der Waals surface area (Å²) in [5, 5.41) is 10.7. The zero-order chi connectivity index (χ0) is 22.3. The van der Waals surface area contributed by atoms with Gasteiger partial charge in [-0.3, -0.25) is 4.90 Å². The number of guanidine groups is 1. The summed E-state index contributed by atoms with van der Waals surface area (Å²) in [5.41, 5.74) is 0.859. The van der Waals surface area contributed by atoms with Crippen molar-refractivity contribution in [2.45, 2.75) is 45.7 Å². The normalized spacial score (nSPS) is 16.3. The van der Waals surface area contributed by atoms with Crippen molar-refractivity contribution in [2.24, 2.45) is 4.99 Å². The van der Waals surface area contributed by atoms with Crippen LogP contribution in [0.25, 0.3) is 0 Å². The lowest BCUT2D eigenvalue weighted by Crippen LogP contribution is -2.46. The molecule has 32 heavy (non-hydrogen) atoms. The first-order valence-electron chi connectivity index (χ1n) is 10.8. The molecule has 3 rings (SSSR count). The average Bonchev–Trinajstić information content (AvgIpc) is 3.24. The van der Waals surface area contributed by atoms with E-state index in [-0.39, 0.29) is 41.3 Å². The fourth-order valence-electron chi connectivity index (χ4n) is 3.34. The Kier molecular flexibility index (Phi) is 10.3. The van der Waals surface area contributed by atoms with Crippen LogP contribution in [0.15, 0.2) is 33.8 Å². The second-order valence-electron chi connectivity index (χ2n) is 8.56. The van der Waals surface area contributed by atoms with Crippen LogP contribution in [0, 0.1) is 5.82 Å². The Labute approximate surface area is 206 Å². The van der Waals surface area contributed by atoms with E-state index in [2.05, 4.69) is 30.7 Å². The van der Waals surface area contributed by atoms with Gasteiger partial charge in [0.25, 0.3) is 0 Å². The van der Waals surface area contributed by atoms with E-state index in [0.29, 0.717) is 44.0 Å². The van der Waals surface area contributed by atoms with Crippen molar-refractivity contribution >= 4 is 29.9 Å². The SMILES string of the molecule is CCNC(=NCc1noc(C(C)(C)C)n1)NCC(c1ccc(F)cc1)N1CCOCC1.I. The van der Waals surface area contributed by atoms with E-state index >= 15 is 0 Å². The number of hydrogen-bond donors (Lipinski definition) is 2. The summed E-state index contributed by atoms with van der Waals surface area (Å²) in [7, 11) is 0. The van der Waals surface area contributed by atoms with Crippen LogP contribution >= 0.6 is 24.0 Å². The predicted octanol–water partition coefficient (Wildman–Crippen LogP) is 3.25. The first kappa shape index (κ1) is 26.5. The molecule has 0 aliphatic carbocycles. The Balaban J connectivity index is 0.00000363. The summed E-state index contributed by atoms with van der Waals surface area (Å²) in [5.74, 6) is 1.58. The van der Waals surface area contributed by atoms with Crippen LogP contribution in [0.3, 0.4) is 0 Å². The smallest absolute Gasteiger partial charge is 0.232 e. The number of aromatic nitrogens is 2. The topological polar surface area (TPSA) is 87.8 Å². The van der Waals surface area contributed by atoms with Gasteiger partial charge in [-0.25, -0.2) is 9.38 Å². The summed E-state index contributed by atoms with van der Waals surface area (Å²) in [4.78, 5) is 11.4. The highest BCUT2D eigenvalue weighted by Gasteiger charge is 2.24. The van der Waals surface area contributed by atoms with Crippen molar-refractivity contribution in [1.29, 1.82) is 0 Å². The van der Waals surface area contributed by atoms with Crippen LogP contribution in [0.4, 0.5) is 4.39 Å². The predicted molar refractivity (Wildman–Crippen MR) is 133 cm³/mol. The van der Waals surface area contributed by atoms with Crippen molar-refractivity contribution in [3.63, 3.8) is 0 Å². The Hall–Kier alpha value is -1.79. The maximum atomic E-state index is 13.4. The summed E-state index contributed by atoms with van der Waals surface area (Å²) in [6.07, 6.45) is 0. The summed E-state index contributed by atoms with van der Waals surface area (Å²) in [6.45, 7) is 12.8. The lowest BCUT2D eigenvalue weighted by atomic mass is 9.97. The fourth-order valence-corrected chi connectivity index (χ4v) is 3.34. The lowest BCUT2D eigenvalue weighted by Gasteiger charge is -2.35.